The molecular formula is C22H28N2O2. The van der Waals surface area contributed by atoms with Crippen LogP contribution >= 0.6 is 0 Å². The highest BCUT2D eigenvalue weighted by molar-refractivity contribution is 6.09. The molecule has 1 aliphatic carbocycles. The van der Waals surface area contributed by atoms with Crippen LogP contribution in [0.1, 0.15) is 54.7 Å². The molecule has 0 unspecified atom stereocenters. The molecule has 4 nitrogen and oxygen atoms in total. The van der Waals surface area contributed by atoms with Crippen LogP contribution in [0.15, 0.2) is 42.6 Å². The van der Waals surface area contributed by atoms with Crippen molar-refractivity contribution in [3.8, 4) is 0 Å². The fraction of sp³-hybridized carbons (Fsp3) is 0.455. The molecule has 0 saturated heterocycles. The van der Waals surface area contributed by atoms with Crippen molar-refractivity contribution in [3.63, 3.8) is 0 Å². The zero-order valence-electron chi connectivity index (χ0n) is 15.9. The lowest BCUT2D eigenvalue weighted by Gasteiger charge is -2.34. The van der Waals surface area contributed by atoms with E-state index < -0.39 is 0 Å². The van der Waals surface area contributed by atoms with E-state index in [1.54, 1.807) is 16.8 Å². The Morgan fingerprint density at radius 3 is 2.65 bits per heavy atom. The number of aromatic nitrogens is 1. The second-order valence-corrected chi connectivity index (χ2v) is 7.61. The Labute approximate surface area is 155 Å². The molecule has 1 N–H and O–H groups in total. The maximum atomic E-state index is 12.9. The van der Waals surface area contributed by atoms with Crippen molar-refractivity contribution in [2.45, 2.75) is 52.6 Å². The number of carbonyl (C=O) groups is 2. The van der Waals surface area contributed by atoms with Crippen LogP contribution in [0, 0.1) is 18.8 Å². The van der Waals surface area contributed by atoms with E-state index in [4.69, 9.17) is 0 Å². The summed E-state index contributed by atoms with van der Waals surface area (Å²) >= 11 is 0. The number of ketones is 1. The monoisotopic (exact) mass is 352 g/mol. The van der Waals surface area contributed by atoms with Crippen LogP contribution < -0.4 is 5.32 Å². The minimum Gasteiger partial charge on any atom is -0.352 e. The molecule has 0 spiro atoms. The van der Waals surface area contributed by atoms with E-state index in [9.17, 15) is 9.59 Å². The third kappa shape index (κ3) is 3.90. The van der Waals surface area contributed by atoms with Gasteiger partial charge in [0.1, 0.15) is 6.54 Å². The average Bonchev–Trinajstić information content (AvgIpc) is 3.07. The number of hydrogen-bond acceptors (Lipinski definition) is 2. The van der Waals surface area contributed by atoms with Crippen LogP contribution in [0.25, 0.3) is 0 Å². The van der Waals surface area contributed by atoms with Gasteiger partial charge in [-0.25, -0.2) is 0 Å². The highest BCUT2D eigenvalue weighted by Gasteiger charge is 2.28. The van der Waals surface area contributed by atoms with Crippen molar-refractivity contribution in [2.75, 3.05) is 0 Å². The van der Waals surface area contributed by atoms with Crippen LogP contribution in [0.5, 0.6) is 0 Å². The first-order valence-electron chi connectivity index (χ1n) is 9.52. The smallest absolute Gasteiger partial charge is 0.240 e. The summed E-state index contributed by atoms with van der Waals surface area (Å²) in [6, 6.07) is 11.4. The minimum atomic E-state index is -0.0412. The van der Waals surface area contributed by atoms with Gasteiger partial charge >= 0.3 is 0 Å². The van der Waals surface area contributed by atoms with Crippen LogP contribution in [-0.2, 0) is 11.3 Å². The third-order valence-corrected chi connectivity index (χ3v) is 5.82. The Morgan fingerprint density at radius 2 is 1.88 bits per heavy atom. The van der Waals surface area contributed by atoms with Crippen molar-refractivity contribution >= 4 is 11.7 Å². The summed E-state index contributed by atoms with van der Waals surface area (Å²) in [5.74, 6) is 1.07. The van der Waals surface area contributed by atoms with E-state index in [1.165, 1.54) is 6.42 Å². The maximum Gasteiger partial charge on any atom is 0.240 e. The zero-order chi connectivity index (χ0) is 18.7. The predicted molar refractivity (Wildman–Crippen MR) is 103 cm³/mol. The molecule has 1 aliphatic rings. The van der Waals surface area contributed by atoms with Crippen LogP contribution in [-0.4, -0.2) is 22.3 Å². The zero-order valence-corrected chi connectivity index (χ0v) is 15.9. The molecule has 1 aromatic heterocycles. The molecule has 4 heteroatoms. The number of hydrogen-bond donors (Lipinski definition) is 1. The lowest BCUT2D eigenvalue weighted by atomic mass is 9.78. The van der Waals surface area contributed by atoms with Gasteiger partial charge in [0.15, 0.2) is 0 Å². The van der Waals surface area contributed by atoms with Crippen molar-refractivity contribution < 1.29 is 9.59 Å². The second kappa shape index (κ2) is 7.90. The summed E-state index contributed by atoms with van der Waals surface area (Å²) in [4.78, 5) is 25.4. The molecule has 1 saturated carbocycles. The van der Waals surface area contributed by atoms with Crippen molar-refractivity contribution in [3.05, 3.63) is 59.4 Å². The second-order valence-electron chi connectivity index (χ2n) is 7.61. The Morgan fingerprint density at radius 1 is 1.12 bits per heavy atom. The van der Waals surface area contributed by atoms with E-state index >= 15 is 0 Å². The van der Waals surface area contributed by atoms with Gasteiger partial charge in [0, 0.05) is 17.8 Å². The summed E-state index contributed by atoms with van der Waals surface area (Å²) in [5.41, 5.74) is 2.18. The van der Waals surface area contributed by atoms with Gasteiger partial charge in [0.25, 0.3) is 0 Å². The molecule has 1 amide bonds. The first kappa shape index (κ1) is 18.4. The van der Waals surface area contributed by atoms with Crippen molar-refractivity contribution in [2.24, 2.45) is 11.8 Å². The first-order chi connectivity index (χ1) is 12.5. The van der Waals surface area contributed by atoms with Crippen molar-refractivity contribution in [1.82, 2.24) is 9.88 Å². The lowest BCUT2D eigenvalue weighted by molar-refractivity contribution is -0.123. The third-order valence-electron chi connectivity index (χ3n) is 5.82. The van der Waals surface area contributed by atoms with Gasteiger partial charge in [-0.05, 0) is 42.9 Å². The summed E-state index contributed by atoms with van der Waals surface area (Å²) in [6.45, 7) is 6.59. The minimum absolute atomic E-state index is 0.0222. The molecule has 3 atom stereocenters. The van der Waals surface area contributed by atoms with Gasteiger partial charge < -0.3 is 9.88 Å². The number of rotatable bonds is 5. The number of benzene rings is 1. The summed E-state index contributed by atoms with van der Waals surface area (Å²) in [6.07, 6.45) is 5.24. The molecule has 1 heterocycles. The van der Waals surface area contributed by atoms with Gasteiger partial charge in [-0.15, -0.1) is 0 Å². The quantitative estimate of drug-likeness (QED) is 0.828. The Hall–Kier alpha value is -2.36. The standard InChI is InChI=1S/C22H28N2O2/c1-15-9-6-11-19(17(15)3)23-21(25)14-24-13-7-12-20(24)22(26)18-10-5-4-8-16(18)2/h4-5,7-8,10,12-13,15,17,19H,6,9,11,14H2,1-3H3,(H,23,25)/t15-,17-,19+/m0/s1. The molecule has 138 valence electrons. The summed E-state index contributed by atoms with van der Waals surface area (Å²) in [5, 5.41) is 3.18. The average molecular weight is 352 g/mol. The largest absolute Gasteiger partial charge is 0.352 e. The molecule has 1 aromatic carbocycles. The van der Waals surface area contributed by atoms with Crippen LogP contribution in [0.4, 0.5) is 0 Å². The molecule has 1 fully saturated rings. The molecule has 0 radical (unpaired) electrons. The molecule has 2 aromatic rings. The van der Waals surface area contributed by atoms with Gasteiger partial charge in [-0.2, -0.15) is 0 Å². The Balaban J connectivity index is 1.70. The van der Waals surface area contributed by atoms with Gasteiger partial charge in [-0.3, -0.25) is 9.59 Å². The van der Waals surface area contributed by atoms with Crippen LogP contribution in [0.3, 0.4) is 0 Å². The number of nitrogens with one attached hydrogen (secondary N) is 1. The van der Waals surface area contributed by atoms with Gasteiger partial charge in [0.2, 0.25) is 11.7 Å². The van der Waals surface area contributed by atoms with Crippen LogP contribution in [0.2, 0.25) is 0 Å². The maximum absolute atomic E-state index is 12.9. The molecule has 26 heavy (non-hydrogen) atoms. The molecular weight excluding hydrogens is 324 g/mol. The fourth-order valence-electron chi connectivity index (χ4n) is 3.92. The normalized spacial score (nSPS) is 22.8. The summed E-state index contributed by atoms with van der Waals surface area (Å²) < 4.78 is 1.75. The lowest BCUT2D eigenvalue weighted by Crippen LogP contribution is -2.44. The van der Waals surface area contributed by atoms with E-state index in [-0.39, 0.29) is 24.3 Å². The highest BCUT2D eigenvalue weighted by atomic mass is 16.2. The highest BCUT2D eigenvalue weighted by Crippen LogP contribution is 2.29. The number of aryl methyl sites for hydroxylation is 1. The number of amides is 1. The predicted octanol–water partition coefficient (Wildman–Crippen LogP) is 3.97. The molecule has 0 aliphatic heterocycles. The summed E-state index contributed by atoms with van der Waals surface area (Å²) in [7, 11) is 0. The van der Waals surface area contributed by atoms with Crippen molar-refractivity contribution in [1.29, 1.82) is 0 Å². The number of nitrogens with zero attached hydrogens (tertiary/aromatic N) is 1. The molecule has 3 rings (SSSR count). The van der Waals surface area contributed by atoms with Gasteiger partial charge in [0.05, 0.1) is 5.69 Å². The van der Waals surface area contributed by atoms with Gasteiger partial charge in [-0.1, -0.05) is 51.0 Å². The topological polar surface area (TPSA) is 51.1 Å². The molecule has 0 bridgehead atoms. The fourth-order valence-corrected chi connectivity index (χ4v) is 3.92. The van der Waals surface area contributed by atoms with E-state index in [0.29, 0.717) is 23.1 Å². The Kier molecular flexibility index (Phi) is 5.60. The van der Waals surface area contributed by atoms with E-state index in [0.717, 1.165) is 18.4 Å². The SMILES string of the molecule is Cc1ccccc1C(=O)c1cccn1CC(=O)N[C@@H]1CCC[C@H](C)[C@@H]1C. The van der Waals surface area contributed by atoms with E-state index in [1.807, 2.05) is 37.3 Å². The first-order valence-corrected chi connectivity index (χ1v) is 9.52. The number of carbonyl (C=O) groups excluding carboxylic acids is 2. The Bertz CT molecular complexity index is 793. The van der Waals surface area contributed by atoms with E-state index in [2.05, 4.69) is 19.2 Å².